The zero-order valence-electron chi connectivity index (χ0n) is 10.5. The van der Waals surface area contributed by atoms with Gasteiger partial charge in [-0.1, -0.05) is 0 Å². The molecule has 3 aliphatic rings. The van der Waals surface area contributed by atoms with Gasteiger partial charge in [0.25, 0.3) is 5.91 Å². The lowest BCUT2D eigenvalue weighted by atomic mass is 10.0. The molecule has 2 bridgehead atoms. The normalized spacial score (nSPS) is 38.1. The maximum Gasteiger partial charge on any atom is 0.255 e. The monoisotopic (exact) mass is 261 g/mol. The van der Waals surface area contributed by atoms with Crippen molar-refractivity contribution in [1.29, 1.82) is 0 Å². The first kappa shape index (κ1) is 11.3. The summed E-state index contributed by atoms with van der Waals surface area (Å²) in [5, 5.41) is 12.6. The Bertz CT molecular complexity index is 543. The maximum absolute atomic E-state index is 12.9. The van der Waals surface area contributed by atoms with Crippen LogP contribution in [0.3, 0.4) is 0 Å². The van der Waals surface area contributed by atoms with Crippen molar-refractivity contribution in [3.8, 4) is 5.75 Å². The average Bonchev–Trinajstić information content (AvgIpc) is 2.78. The van der Waals surface area contributed by atoms with Gasteiger partial charge in [0.05, 0.1) is 5.56 Å². The number of halogens is 1. The third kappa shape index (κ3) is 1.58. The first-order chi connectivity index (χ1) is 9.15. The van der Waals surface area contributed by atoms with E-state index in [2.05, 4.69) is 5.32 Å². The van der Waals surface area contributed by atoms with E-state index in [9.17, 15) is 14.3 Å². The summed E-state index contributed by atoms with van der Waals surface area (Å²) in [4.78, 5) is 12.1. The van der Waals surface area contributed by atoms with Crippen LogP contribution in [0.2, 0.25) is 0 Å². The number of benzene rings is 1. The van der Waals surface area contributed by atoms with Gasteiger partial charge in [0.1, 0.15) is 11.6 Å². The lowest BCUT2D eigenvalue weighted by molar-refractivity contribution is 0.0941. The first-order valence-corrected chi connectivity index (χ1v) is 6.94. The van der Waals surface area contributed by atoms with E-state index in [1.807, 2.05) is 0 Å². The van der Waals surface area contributed by atoms with Crippen molar-refractivity contribution < 1.29 is 14.3 Å². The van der Waals surface area contributed by atoms with E-state index in [0.717, 1.165) is 17.9 Å². The predicted molar refractivity (Wildman–Crippen MR) is 67.1 cm³/mol. The fourth-order valence-corrected chi connectivity index (χ4v) is 4.44. The molecule has 100 valence electrons. The Morgan fingerprint density at radius 2 is 1.95 bits per heavy atom. The van der Waals surface area contributed by atoms with E-state index in [-0.39, 0.29) is 23.3 Å². The Morgan fingerprint density at radius 3 is 2.58 bits per heavy atom. The number of carbonyl (C=O) groups excluding carboxylic acids is 1. The Hall–Kier alpha value is -1.58. The fraction of sp³-hybridized carbons (Fsp3) is 0.533. The highest BCUT2D eigenvalue weighted by atomic mass is 19.1. The summed E-state index contributed by atoms with van der Waals surface area (Å²) in [7, 11) is 0. The van der Waals surface area contributed by atoms with Crippen LogP contribution < -0.4 is 5.32 Å². The van der Waals surface area contributed by atoms with E-state index in [0.29, 0.717) is 11.8 Å². The van der Waals surface area contributed by atoms with Crippen LogP contribution in [-0.2, 0) is 0 Å². The van der Waals surface area contributed by atoms with Crippen LogP contribution in [0, 0.1) is 29.5 Å². The van der Waals surface area contributed by atoms with Gasteiger partial charge in [-0.2, -0.15) is 0 Å². The van der Waals surface area contributed by atoms with Crippen molar-refractivity contribution in [3.63, 3.8) is 0 Å². The lowest BCUT2D eigenvalue weighted by Gasteiger charge is -2.11. The largest absolute Gasteiger partial charge is 0.507 e. The highest BCUT2D eigenvalue weighted by Gasteiger charge is 2.65. The molecule has 3 aliphatic carbocycles. The molecule has 4 rings (SSSR count). The van der Waals surface area contributed by atoms with Gasteiger partial charge < -0.3 is 10.4 Å². The standard InChI is InChI=1S/C15H16FNO2/c16-9-3-4-10(11(18)6-9)15(19)17-14-12-7-1-2-8(5-7)13(12)14/h3-4,6-8,12-14,18H,1-2,5H2,(H,17,19). The first-order valence-electron chi connectivity index (χ1n) is 6.94. The third-order valence-electron chi connectivity index (χ3n) is 5.24. The molecule has 4 atom stereocenters. The van der Waals surface area contributed by atoms with Gasteiger partial charge in [-0.15, -0.1) is 0 Å². The molecule has 0 aromatic heterocycles. The van der Waals surface area contributed by atoms with E-state index in [1.54, 1.807) is 0 Å². The zero-order chi connectivity index (χ0) is 13.1. The van der Waals surface area contributed by atoms with Crippen LogP contribution in [0.4, 0.5) is 4.39 Å². The van der Waals surface area contributed by atoms with Crippen molar-refractivity contribution in [1.82, 2.24) is 5.32 Å². The number of carbonyl (C=O) groups is 1. The number of aromatic hydroxyl groups is 1. The Labute approximate surface area is 110 Å². The maximum atomic E-state index is 12.9. The van der Waals surface area contributed by atoms with Gasteiger partial charge in [-0.05, 0) is 55.1 Å². The average molecular weight is 261 g/mol. The summed E-state index contributed by atoms with van der Waals surface area (Å²) in [5.41, 5.74) is 0.165. The van der Waals surface area contributed by atoms with Gasteiger partial charge >= 0.3 is 0 Å². The molecule has 3 saturated carbocycles. The summed E-state index contributed by atoms with van der Waals surface area (Å²) in [6.07, 6.45) is 3.95. The summed E-state index contributed by atoms with van der Waals surface area (Å²) in [6, 6.07) is 3.80. The number of rotatable bonds is 2. The molecule has 4 unspecified atom stereocenters. The Morgan fingerprint density at radius 1 is 1.26 bits per heavy atom. The van der Waals surface area contributed by atoms with Gasteiger partial charge in [0.15, 0.2) is 0 Å². The number of amides is 1. The summed E-state index contributed by atoms with van der Waals surface area (Å²) >= 11 is 0. The molecule has 2 N–H and O–H groups in total. The molecule has 4 heteroatoms. The number of phenols is 1. The van der Waals surface area contributed by atoms with Crippen LogP contribution >= 0.6 is 0 Å². The molecular weight excluding hydrogens is 245 g/mol. The van der Waals surface area contributed by atoms with Gasteiger partial charge in [-0.3, -0.25) is 4.79 Å². The molecule has 1 aromatic rings. The molecule has 0 aliphatic heterocycles. The fourth-order valence-electron chi connectivity index (χ4n) is 4.44. The quantitative estimate of drug-likeness (QED) is 0.858. The number of hydrogen-bond donors (Lipinski definition) is 2. The molecule has 0 spiro atoms. The summed E-state index contributed by atoms with van der Waals surface area (Å²) in [6.45, 7) is 0. The van der Waals surface area contributed by atoms with Crippen molar-refractivity contribution in [2.75, 3.05) is 0 Å². The van der Waals surface area contributed by atoms with Crippen molar-refractivity contribution >= 4 is 5.91 Å². The second-order valence-corrected chi connectivity index (χ2v) is 6.15. The Balaban J connectivity index is 1.48. The highest BCUT2D eigenvalue weighted by Crippen LogP contribution is 2.65. The van der Waals surface area contributed by atoms with E-state index < -0.39 is 5.82 Å². The predicted octanol–water partition coefficient (Wildman–Crippen LogP) is 2.31. The Kier molecular flexibility index (Phi) is 2.20. The number of phenolic OH excluding ortho intramolecular Hbond substituents is 1. The minimum Gasteiger partial charge on any atom is -0.507 e. The zero-order valence-corrected chi connectivity index (χ0v) is 10.5. The molecular formula is C15H16FNO2. The summed E-state index contributed by atoms with van der Waals surface area (Å²) in [5.74, 6) is 1.80. The number of hydrogen-bond acceptors (Lipinski definition) is 2. The van der Waals surface area contributed by atoms with E-state index in [4.69, 9.17) is 0 Å². The molecule has 0 heterocycles. The van der Waals surface area contributed by atoms with E-state index >= 15 is 0 Å². The molecule has 3 nitrogen and oxygen atoms in total. The molecule has 3 fully saturated rings. The van der Waals surface area contributed by atoms with Crippen molar-refractivity contribution in [3.05, 3.63) is 29.6 Å². The van der Waals surface area contributed by atoms with E-state index in [1.165, 1.54) is 31.4 Å². The van der Waals surface area contributed by atoms with Crippen LogP contribution in [0.25, 0.3) is 0 Å². The van der Waals surface area contributed by atoms with Crippen LogP contribution in [0.15, 0.2) is 18.2 Å². The van der Waals surface area contributed by atoms with Crippen LogP contribution in [0.5, 0.6) is 5.75 Å². The second kappa shape index (κ2) is 3.71. The highest BCUT2D eigenvalue weighted by molar-refractivity contribution is 5.97. The minimum atomic E-state index is -0.532. The smallest absolute Gasteiger partial charge is 0.255 e. The van der Waals surface area contributed by atoms with Gasteiger partial charge in [0, 0.05) is 12.1 Å². The molecule has 1 aromatic carbocycles. The SMILES string of the molecule is O=C(NC1C2C3CCC(C3)C12)c1ccc(F)cc1O. The molecule has 0 saturated heterocycles. The number of nitrogens with one attached hydrogen (secondary N) is 1. The topological polar surface area (TPSA) is 49.3 Å². The third-order valence-corrected chi connectivity index (χ3v) is 5.24. The molecule has 1 amide bonds. The number of fused-ring (bicyclic) bond motifs is 5. The molecule has 0 radical (unpaired) electrons. The minimum absolute atomic E-state index is 0.165. The van der Waals surface area contributed by atoms with Crippen LogP contribution in [0.1, 0.15) is 29.6 Å². The molecule has 19 heavy (non-hydrogen) atoms. The second-order valence-electron chi connectivity index (χ2n) is 6.15. The van der Waals surface area contributed by atoms with Gasteiger partial charge in [-0.25, -0.2) is 4.39 Å². The van der Waals surface area contributed by atoms with Gasteiger partial charge in [0.2, 0.25) is 0 Å². The lowest BCUT2D eigenvalue weighted by Crippen LogP contribution is -2.30. The van der Waals surface area contributed by atoms with Crippen molar-refractivity contribution in [2.24, 2.45) is 23.7 Å². The van der Waals surface area contributed by atoms with Crippen LogP contribution in [-0.4, -0.2) is 17.1 Å². The van der Waals surface area contributed by atoms with Crippen molar-refractivity contribution in [2.45, 2.75) is 25.3 Å². The summed E-state index contributed by atoms with van der Waals surface area (Å²) < 4.78 is 12.9.